The number of hydrogen-bond donors (Lipinski definition) is 1. The second kappa shape index (κ2) is 14.5. The van der Waals surface area contributed by atoms with E-state index in [0.29, 0.717) is 6.26 Å². The van der Waals surface area contributed by atoms with Gasteiger partial charge in [-0.25, -0.2) is 0 Å². The van der Waals surface area contributed by atoms with Crippen LogP contribution in [0, 0.1) is 41.5 Å². The van der Waals surface area contributed by atoms with E-state index in [1.54, 1.807) is 0 Å². The Bertz CT molecular complexity index is 1290. The van der Waals surface area contributed by atoms with E-state index in [9.17, 15) is 8.42 Å². The lowest BCUT2D eigenvalue weighted by atomic mass is 9.95. The van der Waals surface area contributed by atoms with Gasteiger partial charge in [0, 0.05) is 0 Å². The standard InChI is InChI=1S/C23H25N3.2C2H6.CH4O3S/c1-13-8-10-21(16(4)15(13)3)25-26-23-14(2)12-19-9-11-20(24-7)17(5)22(19)18(23)6;2*1-2;1-5(2,3)4/h8-12H,7H2,1-6H3;2*1-2H3;1H3,(H,2,3,4). The molecular formula is C28H41N3O3S. The highest BCUT2D eigenvalue weighted by Crippen LogP contribution is 2.37. The minimum absolute atomic E-state index is 0.715. The molecule has 0 aliphatic carbocycles. The maximum atomic E-state index is 9.19. The fourth-order valence-electron chi connectivity index (χ4n) is 3.53. The minimum Gasteiger partial charge on any atom is -0.286 e. The minimum atomic E-state index is -3.67. The van der Waals surface area contributed by atoms with Crippen molar-refractivity contribution in [2.24, 2.45) is 15.2 Å². The fraction of sp³-hybridized carbons (Fsp3) is 0.393. The zero-order valence-corrected chi connectivity index (χ0v) is 23.9. The van der Waals surface area contributed by atoms with Crippen molar-refractivity contribution in [1.29, 1.82) is 0 Å². The van der Waals surface area contributed by atoms with Crippen LogP contribution in [0.1, 0.15) is 61.1 Å². The lowest BCUT2D eigenvalue weighted by Crippen LogP contribution is -1.89. The van der Waals surface area contributed by atoms with Gasteiger partial charge in [0.1, 0.15) is 0 Å². The van der Waals surface area contributed by atoms with Gasteiger partial charge in [-0.1, -0.05) is 39.8 Å². The smallest absolute Gasteiger partial charge is 0.261 e. The highest BCUT2D eigenvalue weighted by atomic mass is 32.2. The quantitative estimate of drug-likeness (QED) is 0.221. The van der Waals surface area contributed by atoms with Crippen LogP contribution >= 0.6 is 0 Å². The summed E-state index contributed by atoms with van der Waals surface area (Å²) in [4.78, 5) is 4.13. The van der Waals surface area contributed by atoms with Crippen LogP contribution in [0.4, 0.5) is 17.1 Å². The van der Waals surface area contributed by atoms with Crippen molar-refractivity contribution in [3.63, 3.8) is 0 Å². The average molecular weight is 500 g/mol. The molecule has 0 saturated carbocycles. The van der Waals surface area contributed by atoms with E-state index < -0.39 is 10.1 Å². The number of fused-ring (bicyclic) bond motifs is 1. The lowest BCUT2D eigenvalue weighted by molar-refractivity contribution is 0.490. The molecule has 1 N–H and O–H groups in total. The van der Waals surface area contributed by atoms with Gasteiger partial charge in [0.15, 0.2) is 0 Å². The van der Waals surface area contributed by atoms with Gasteiger partial charge in [0.05, 0.1) is 23.3 Å². The summed E-state index contributed by atoms with van der Waals surface area (Å²) in [5.41, 5.74) is 9.88. The maximum Gasteiger partial charge on any atom is 0.261 e. The summed E-state index contributed by atoms with van der Waals surface area (Å²) in [5, 5.41) is 11.6. The summed E-state index contributed by atoms with van der Waals surface area (Å²) in [7, 11) is -3.67. The Balaban J connectivity index is 0.00000112. The first-order valence-electron chi connectivity index (χ1n) is 11.8. The van der Waals surface area contributed by atoms with Gasteiger partial charge in [-0.2, -0.15) is 13.5 Å². The second-order valence-electron chi connectivity index (χ2n) is 7.72. The molecule has 0 atom stereocenters. The Morgan fingerprint density at radius 2 is 1.23 bits per heavy atom. The maximum absolute atomic E-state index is 9.19. The molecule has 0 saturated heterocycles. The summed E-state index contributed by atoms with van der Waals surface area (Å²) in [6.07, 6.45) is 0.715. The molecule has 0 fully saturated rings. The molecular weight excluding hydrogens is 458 g/mol. The third kappa shape index (κ3) is 9.00. The van der Waals surface area contributed by atoms with Crippen LogP contribution < -0.4 is 0 Å². The molecule has 0 aromatic heterocycles. The molecule has 0 aliphatic heterocycles. The van der Waals surface area contributed by atoms with Crippen molar-refractivity contribution >= 4 is 44.7 Å². The van der Waals surface area contributed by atoms with Gasteiger partial charge in [0.25, 0.3) is 10.1 Å². The van der Waals surface area contributed by atoms with Crippen LogP contribution in [-0.2, 0) is 10.1 Å². The number of aliphatic imine (C=N–C) groups is 1. The Morgan fingerprint density at radius 3 is 1.74 bits per heavy atom. The fourth-order valence-corrected chi connectivity index (χ4v) is 3.53. The SMILES string of the molecule is C=Nc1ccc2cc(C)c(N=Nc3ccc(C)c(C)c3C)c(C)c2c1C.CC.CC.CS(=O)(=O)O. The topological polar surface area (TPSA) is 91.5 Å². The molecule has 192 valence electrons. The van der Waals surface area contributed by atoms with E-state index in [0.717, 1.165) is 33.8 Å². The molecule has 0 unspecified atom stereocenters. The lowest BCUT2D eigenvalue weighted by Gasteiger charge is -2.13. The normalized spacial score (nSPS) is 10.5. The zero-order valence-electron chi connectivity index (χ0n) is 23.1. The Morgan fingerprint density at radius 1 is 0.714 bits per heavy atom. The summed E-state index contributed by atoms with van der Waals surface area (Å²) < 4.78 is 25.9. The van der Waals surface area contributed by atoms with Crippen molar-refractivity contribution in [2.75, 3.05) is 6.26 Å². The van der Waals surface area contributed by atoms with Crippen molar-refractivity contribution in [3.05, 3.63) is 63.7 Å². The molecule has 3 aromatic rings. The molecule has 0 aliphatic rings. The number of azo groups is 1. The van der Waals surface area contributed by atoms with Crippen molar-refractivity contribution in [1.82, 2.24) is 0 Å². The first kappa shape index (κ1) is 32.1. The van der Waals surface area contributed by atoms with E-state index in [-0.39, 0.29) is 0 Å². The molecule has 3 aromatic carbocycles. The molecule has 0 radical (unpaired) electrons. The largest absolute Gasteiger partial charge is 0.286 e. The molecule has 6 nitrogen and oxygen atoms in total. The number of rotatable bonds is 3. The number of hydrogen-bond acceptors (Lipinski definition) is 5. The van der Waals surface area contributed by atoms with E-state index >= 15 is 0 Å². The van der Waals surface area contributed by atoms with Crippen LogP contribution in [0.5, 0.6) is 0 Å². The first-order chi connectivity index (χ1) is 16.3. The average Bonchev–Trinajstić information content (AvgIpc) is 2.80. The third-order valence-corrected chi connectivity index (χ3v) is 5.40. The van der Waals surface area contributed by atoms with E-state index in [1.165, 1.54) is 27.5 Å². The van der Waals surface area contributed by atoms with E-state index in [2.05, 4.69) is 81.7 Å². The van der Waals surface area contributed by atoms with Gasteiger partial charge in [-0.15, -0.1) is 5.11 Å². The first-order valence-corrected chi connectivity index (χ1v) is 13.6. The van der Waals surface area contributed by atoms with Gasteiger partial charge >= 0.3 is 0 Å². The number of benzene rings is 3. The predicted molar refractivity (Wildman–Crippen MR) is 152 cm³/mol. The van der Waals surface area contributed by atoms with Gasteiger partial charge in [0.2, 0.25) is 0 Å². The van der Waals surface area contributed by atoms with Gasteiger partial charge in [-0.3, -0.25) is 9.55 Å². The summed E-state index contributed by atoms with van der Waals surface area (Å²) in [6, 6.07) is 10.4. The Labute approximate surface area is 212 Å². The molecule has 3 rings (SSSR count). The molecule has 0 amide bonds. The van der Waals surface area contributed by atoms with Crippen LogP contribution in [0.3, 0.4) is 0 Å². The molecule has 7 heteroatoms. The third-order valence-electron chi connectivity index (χ3n) is 5.40. The summed E-state index contributed by atoms with van der Waals surface area (Å²) >= 11 is 0. The van der Waals surface area contributed by atoms with Crippen LogP contribution in [0.2, 0.25) is 0 Å². The molecule has 0 bridgehead atoms. The number of aryl methyl sites for hydroxylation is 4. The van der Waals surface area contributed by atoms with Crippen molar-refractivity contribution in [2.45, 2.75) is 69.2 Å². The van der Waals surface area contributed by atoms with Crippen LogP contribution in [-0.4, -0.2) is 25.9 Å². The van der Waals surface area contributed by atoms with Gasteiger partial charge < -0.3 is 0 Å². The zero-order chi connectivity index (χ0) is 27.5. The highest BCUT2D eigenvalue weighted by molar-refractivity contribution is 7.85. The molecule has 35 heavy (non-hydrogen) atoms. The Hall–Kier alpha value is -2.90. The monoisotopic (exact) mass is 499 g/mol. The van der Waals surface area contributed by atoms with Crippen LogP contribution in [0.25, 0.3) is 10.8 Å². The summed E-state index contributed by atoms with van der Waals surface area (Å²) in [5.74, 6) is 0. The highest BCUT2D eigenvalue weighted by Gasteiger charge is 2.12. The van der Waals surface area contributed by atoms with Crippen molar-refractivity contribution in [3.8, 4) is 0 Å². The molecule has 0 spiro atoms. The summed E-state index contributed by atoms with van der Waals surface area (Å²) in [6.45, 7) is 24.3. The van der Waals surface area contributed by atoms with Crippen molar-refractivity contribution < 1.29 is 13.0 Å². The Kier molecular flexibility index (Phi) is 13.3. The van der Waals surface area contributed by atoms with Gasteiger partial charge in [-0.05, 0) is 111 Å². The number of nitrogens with zero attached hydrogens (tertiary/aromatic N) is 3. The van der Waals surface area contributed by atoms with Crippen LogP contribution in [0.15, 0.2) is 45.6 Å². The molecule has 0 heterocycles. The predicted octanol–water partition coefficient (Wildman–Crippen LogP) is 8.99. The second-order valence-corrected chi connectivity index (χ2v) is 9.18. The van der Waals surface area contributed by atoms with E-state index in [4.69, 9.17) is 4.55 Å². The van der Waals surface area contributed by atoms with E-state index in [1.807, 2.05) is 39.8 Å².